The van der Waals surface area contributed by atoms with E-state index < -0.39 is 0 Å². The smallest absolute Gasteiger partial charge is 0.266 e. The van der Waals surface area contributed by atoms with E-state index in [1.165, 1.54) is 28.8 Å². The number of phenolic OH excluding ortho intramolecular Hbond substituents is 1. The van der Waals surface area contributed by atoms with Gasteiger partial charge in [0.05, 0.1) is 4.91 Å². The monoisotopic (exact) mass is 442 g/mol. The van der Waals surface area contributed by atoms with Gasteiger partial charge in [0.1, 0.15) is 10.1 Å². The lowest BCUT2D eigenvalue weighted by Crippen LogP contribution is -2.29. The summed E-state index contributed by atoms with van der Waals surface area (Å²) in [7, 11) is 0. The first-order valence-corrected chi connectivity index (χ1v) is 10.5. The Labute approximate surface area is 182 Å². The van der Waals surface area contributed by atoms with Gasteiger partial charge >= 0.3 is 0 Å². The van der Waals surface area contributed by atoms with Gasteiger partial charge in [-0.3, -0.25) is 14.5 Å². The van der Waals surface area contributed by atoms with Gasteiger partial charge in [0, 0.05) is 18.7 Å². The molecule has 0 aromatic heterocycles. The average molecular weight is 443 g/mol. The van der Waals surface area contributed by atoms with Gasteiger partial charge in [0.25, 0.3) is 5.91 Å². The fraction of sp³-hybridized carbons (Fsp3) is 0.190. The highest BCUT2D eigenvalue weighted by Gasteiger charge is 2.31. The number of benzene rings is 2. The molecule has 9 heteroatoms. The molecule has 2 aromatic rings. The summed E-state index contributed by atoms with van der Waals surface area (Å²) in [5.41, 5.74) is 1.43. The quantitative estimate of drug-likeness (QED) is 0.400. The first-order valence-electron chi connectivity index (χ1n) is 9.23. The topological polar surface area (TPSA) is 88.1 Å². The van der Waals surface area contributed by atoms with Gasteiger partial charge in [-0.05, 0) is 54.5 Å². The molecule has 2 aromatic carbocycles. The lowest BCUT2D eigenvalue weighted by atomic mass is 10.2. The van der Waals surface area contributed by atoms with Gasteiger partial charge in [-0.25, -0.2) is 0 Å². The summed E-state index contributed by atoms with van der Waals surface area (Å²) in [4.78, 5) is 26.9. The van der Waals surface area contributed by atoms with Crippen molar-refractivity contribution >= 4 is 51.9 Å². The van der Waals surface area contributed by atoms with E-state index in [1.54, 1.807) is 18.2 Å². The number of thiocarbonyl (C=S) groups is 1. The van der Waals surface area contributed by atoms with Crippen LogP contribution in [0.4, 0.5) is 5.69 Å². The Morgan fingerprint density at radius 1 is 1.20 bits per heavy atom. The van der Waals surface area contributed by atoms with Crippen molar-refractivity contribution in [3.05, 3.63) is 52.9 Å². The van der Waals surface area contributed by atoms with Crippen molar-refractivity contribution in [3.63, 3.8) is 0 Å². The number of hydrogen-bond acceptors (Lipinski definition) is 7. The summed E-state index contributed by atoms with van der Waals surface area (Å²) in [5.74, 6) is 1.14. The van der Waals surface area contributed by atoms with E-state index in [4.69, 9.17) is 21.7 Å². The average Bonchev–Trinajstić information content (AvgIpc) is 3.29. The fourth-order valence-electron chi connectivity index (χ4n) is 3.01. The van der Waals surface area contributed by atoms with Crippen LogP contribution < -0.4 is 14.8 Å². The maximum Gasteiger partial charge on any atom is 0.266 e. The maximum absolute atomic E-state index is 12.7. The number of thioether (sulfide) groups is 1. The minimum Gasteiger partial charge on any atom is -0.508 e. The number of carbonyl (C=O) groups excluding carboxylic acids is 2. The third-order valence-electron chi connectivity index (χ3n) is 4.50. The van der Waals surface area contributed by atoms with Crippen molar-refractivity contribution in [3.8, 4) is 17.2 Å². The van der Waals surface area contributed by atoms with Crippen LogP contribution in [0, 0.1) is 0 Å². The van der Waals surface area contributed by atoms with Crippen molar-refractivity contribution < 1.29 is 24.2 Å². The largest absolute Gasteiger partial charge is 0.508 e. The Balaban J connectivity index is 1.32. The molecular weight excluding hydrogens is 424 g/mol. The number of anilines is 1. The maximum atomic E-state index is 12.7. The molecule has 2 aliphatic heterocycles. The molecule has 1 fully saturated rings. The zero-order chi connectivity index (χ0) is 21.1. The van der Waals surface area contributed by atoms with Crippen LogP contribution in [0.2, 0.25) is 0 Å². The highest BCUT2D eigenvalue weighted by atomic mass is 32.2. The van der Waals surface area contributed by atoms with Crippen molar-refractivity contribution in [2.24, 2.45) is 0 Å². The van der Waals surface area contributed by atoms with E-state index in [2.05, 4.69) is 5.32 Å². The Morgan fingerprint density at radius 3 is 2.77 bits per heavy atom. The van der Waals surface area contributed by atoms with Gasteiger partial charge in [0.15, 0.2) is 11.5 Å². The molecule has 0 aliphatic carbocycles. The van der Waals surface area contributed by atoms with Crippen molar-refractivity contribution in [2.45, 2.75) is 12.8 Å². The van der Waals surface area contributed by atoms with Crippen molar-refractivity contribution in [1.29, 1.82) is 0 Å². The predicted molar refractivity (Wildman–Crippen MR) is 118 cm³/mol. The number of nitrogens with zero attached hydrogens (tertiary/aromatic N) is 1. The number of carbonyl (C=O) groups is 2. The Kier molecular flexibility index (Phi) is 5.91. The van der Waals surface area contributed by atoms with Crippen molar-refractivity contribution in [1.82, 2.24) is 4.90 Å². The van der Waals surface area contributed by atoms with E-state index in [-0.39, 0.29) is 30.8 Å². The number of ether oxygens (including phenoxy) is 2. The van der Waals surface area contributed by atoms with Crippen LogP contribution in [0.3, 0.4) is 0 Å². The molecule has 2 aliphatic rings. The summed E-state index contributed by atoms with van der Waals surface area (Å²) in [6, 6.07) is 11.7. The molecule has 154 valence electrons. The van der Waals surface area contributed by atoms with Crippen LogP contribution in [-0.2, 0) is 9.59 Å². The minimum atomic E-state index is -0.165. The SMILES string of the molecule is O=C(CCCN1C(=O)C(=Cc2ccc3c(c2)OCO3)SC1=S)Nc1ccc(O)cc1. The lowest BCUT2D eigenvalue weighted by Gasteiger charge is -2.14. The van der Waals surface area contributed by atoms with Gasteiger partial charge in [-0.1, -0.05) is 30.0 Å². The second-order valence-electron chi connectivity index (χ2n) is 6.64. The van der Waals surface area contributed by atoms with Crippen molar-refractivity contribution in [2.75, 3.05) is 18.7 Å². The molecular formula is C21H18N2O5S2. The Hall–Kier alpha value is -3.04. The number of aromatic hydroxyl groups is 1. The Morgan fingerprint density at radius 2 is 1.97 bits per heavy atom. The molecule has 0 radical (unpaired) electrons. The zero-order valence-electron chi connectivity index (χ0n) is 15.8. The molecule has 0 bridgehead atoms. The zero-order valence-corrected chi connectivity index (χ0v) is 17.4. The molecule has 0 spiro atoms. The lowest BCUT2D eigenvalue weighted by molar-refractivity contribution is -0.122. The van der Waals surface area contributed by atoms with Gasteiger partial charge in [-0.15, -0.1) is 0 Å². The molecule has 2 heterocycles. The third kappa shape index (κ3) is 4.58. The van der Waals surface area contributed by atoms with E-state index in [0.717, 1.165) is 5.56 Å². The second-order valence-corrected chi connectivity index (χ2v) is 8.32. The van der Waals surface area contributed by atoms with Crippen LogP contribution in [0.5, 0.6) is 17.2 Å². The third-order valence-corrected chi connectivity index (χ3v) is 5.88. The molecule has 2 N–H and O–H groups in total. The summed E-state index contributed by atoms with van der Waals surface area (Å²) >= 11 is 6.59. The first-order chi connectivity index (χ1) is 14.5. The van der Waals surface area contributed by atoms with Crippen LogP contribution >= 0.6 is 24.0 Å². The number of nitrogens with one attached hydrogen (secondary N) is 1. The molecule has 30 heavy (non-hydrogen) atoms. The summed E-state index contributed by atoms with van der Waals surface area (Å²) in [6.07, 6.45) is 2.51. The number of phenols is 1. The summed E-state index contributed by atoms with van der Waals surface area (Å²) < 4.78 is 11.1. The first kappa shape index (κ1) is 20.2. The standard InChI is InChI=1S/C21H18N2O5S2/c24-15-6-4-14(5-7-15)22-19(25)2-1-9-23-20(26)18(30-21(23)29)11-13-3-8-16-17(10-13)28-12-27-16/h3-8,10-11,24H,1-2,9,12H2,(H,22,25). The molecule has 0 atom stereocenters. The number of fused-ring (bicyclic) bond motifs is 1. The summed E-state index contributed by atoms with van der Waals surface area (Å²) in [5, 5.41) is 12.0. The molecule has 0 unspecified atom stereocenters. The highest BCUT2D eigenvalue weighted by molar-refractivity contribution is 8.26. The molecule has 2 amide bonds. The van der Waals surface area contributed by atoms with Gasteiger partial charge < -0.3 is 19.9 Å². The normalized spacial score (nSPS) is 16.4. The van der Waals surface area contributed by atoms with Gasteiger partial charge in [-0.2, -0.15) is 0 Å². The molecule has 0 saturated carbocycles. The van der Waals surface area contributed by atoms with E-state index >= 15 is 0 Å². The second kappa shape index (κ2) is 8.76. The Bertz CT molecular complexity index is 1040. The van der Waals surface area contributed by atoms with E-state index in [0.29, 0.717) is 39.4 Å². The van der Waals surface area contributed by atoms with Crippen LogP contribution in [0.15, 0.2) is 47.4 Å². The summed E-state index contributed by atoms with van der Waals surface area (Å²) in [6.45, 7) is 0.563. The number of rotatable bonds is 6. The van der Waals surface area contributed by atoms with Crippen LogP contribution in [0.25, 0.3) is 6.08 Å². The fourth-order valence-corrected chi connectivity index (χ4v) is 4.32. The highest BCUT2D eigenvalue weighted by Crippen LogP contribution is 2.36. The molecule has 1 saturated heterocycles. The number of hydrogen-bond donors (Lipinski definition) is 2. The molecule has 7 nitrogen and oxygen atoms in total. The predicted octanol–water partition coefficient (Wildman–Crippen LogP) is 3.74. The van der Waals surface area contributed by atoms with Crippen LogP contribution in [-0.4, -0.2) is 39.5 Å². The minimum absolute atomic E-state index is 0.135. The van der Waals surface area contributed by atoms with E-state index in [9.17, 15) is 14.7 Å². The molecule has 4 rings (SSSR count). The number of amides is 2. The van der Waals surface area contributed by atoms with E-state index in [1.807, 2.05) is 18.2 Å². The van der Waals surface area contributed by atoms with Gasteiger partial charge in [0.2, 0.25) is 12.7 Å². The van der Waals surface area contributed by atoms with Crippen LogP contribution in [0.1, 0.15) is 18.4 Å².